The fourth-order valence-corrected chi connectivity index (χ4v) is 10.0. The average Bonchev–Trinajstić information content (AvgIpc) is 3.48. The first-order chi connectivity index (χ1) is 27.0. The Balaban J connectivity index is 0.000000196. The molecule has 11 nitrogen and oxygen atoms in total. The molecule has 6 aliphatic heterocycles. The van der Waals surface area contributed by atoms with Crippen molar-refractivity contribution in [2.24, 2.45) is 16.7 Å². The van der Waals surface area contributed by atoms with Gasteiger partial charge in [0.05, 0.1) is 5.54 Å². The summed E-state index contributed by atoms with van der Waals surface area (Å²) in [6.07, 6.45) is 9.79. The molecule has 3 spiro atoms. The quantitative estimate of drug-likeness (QED) is 0.279. The lowest BCUT2D eigenvalue weighted by molar-refractivity contribution is -0.148. The molecular weight excluding hydrogens is 741 g/mol. The molecule has 0 saturated carbocycles. The summed E-state index contributed by atoms with van der Waals surface area (Å²) >= 11 is 0. The molecule has 3 amide bonds. The summed E-state index contributed by atoms with van der Waals surface area (Å²) in [7, 11) is 0. The lowest BCUT2D eigenvalue weighted by atomic mass is 9.71. The standard InChI is InChI=1S/C17H32N2O2.C16H30N2O2.C15H28N2O/c1-15(2,3)19-11-9-17(13-19)8-7-10-18(12-17)14(20)21-16(4,5)6;1-14(2,3)17-10-7-16(8-11-17)9-12-18(16)13(19)20-15(4,5)6;1-12(2)9-14(18)17-10-15(11-17)5-7-16(8-6-15)13(3)4/h7-13H2,1-6H3;7-12H2,1-6H3;12-13H,5-11H2,1-4H3. The van der Waals surface area contributed by atoms with Crippen molar-refractivity contribution in [3.63, 3.8) is 0 Å². The molecular formula is C48H90N6O5. The first-order valence-corrected chi connectivity index (χ1v) is 23.5. The van der Waals surface area contributed by atoms with Gasteiger partial charge in [-0.15, -0.1) is 0 Å². The number of amides is 3. The maximum atomic E-state index is 12.3. The van der Waals surface area contributed by atoms with E-state index in [1.54, 1.807) is 0 Å². The predicted molar refractivity (Wildman–Crippen MR) is 241 cm³/mol. The van der Waals surface area contributed by atoms with E-state index in [9.17, 15) is 14.4 Å². The van der Waals surface area contributed by atoms with E-state index in [1.807, 2.05) is 51.3 Å². The van der Waals surface area contributed by atoms with Gasteiger partial charge in [-0.25, -0.2) is 9.59 Å². The van der Waals surface area contributed by atoms with E-state index in [0.29, 0.717) is 29.7 Å². The lowest BCUT2D eigenvalue weighted by Crippen LogP contribution is -2.67. The van der Waals surface area contributed by atoms with Crippen LogP contribution in [0.15, 0.2) is 0 Å². The average molecular weight is 831 g/mol. The smallest absolute Gasteiger partial charge is 0.410 e. The molecule has 342 valence electrons. The zero-order valence-corrected chi connectivity index (χ0v) is 41.0. The van der Waals surface area contributed by atoms with Gasteiger partial charge < -0.3 is 29.1 Å². The highest BCUT2D eigenvalue weighted by Crippen LogP contribution is 2.44. The van der Waals surface area contributed by atoms with Gasteiger partial charge in [0.2, 0.25) is 5.91 Å². The summed E-state index contributed by atoms with van der Waals surface area (Å²) in [5, 5.41) is 0. The second kappa shape index (κ2) is 18.7. The van der Waals surface area contributed by atoms with E-state index in [1.165, 1.54) is 38.8 Å². The fraction of sp³-hybridized carbons (Fsp3) is 0.938. The number of carbonyl (C=O) groups is 3. The Morgan fingerprint density at radius 2 is 0.983 bits per heavy atom. The van der Waals surface area contributed by atoms with Crippen LogP contribution in [0, 0.1) is 16.7 Å². The van der Waals surface area contributed by atoms with Gasteiger partial charge >= 0.3 is 12.2 Å². The Morgan fingerprint density at radius 1 is 0.525 bits per heavy atom. The molecule has 11 heteroatoms. The first-order valence-electron chi connectivity index (χ1n) is 23.5. The number of carbonyl (C=O) groups excluding carboxylic acids is 3. The van der Waals surface area contributed by atoms with Crippen molar-refractivity contribution in [1.29, 1.82) is 0 Å². The third-order valence-electron chi connectivity index (χ3n) is 13.9. The number of nitrogens with zero attached hydrogens (tertiary/aromatic N) is 6. The van der Waals surface area contributed by atoms with Crippen LogP contribution < -0.4 is 0 Å². The Labute approximate surface area is 361 Å². The molecule has 0 radical (unpaired) electrons. The molecule has 6 fully saturated rings. The van der Waals surface area contributed by atoms with Gasteiger partial charge in [-0.1, -0.05) is 13.8 Å². The van der Waals surface area contributed by atoms with Crippen molar-refractivity contribution >= 4 is 18.1 Å². The van der Waals surface area contributed by atoms with Crippen LogP contribution in [0.3, 0.4) is 0 Å². The Hall–Kier alpha value is -2.11. The Kier molecular flexibility index (Phi) is 15.7. The van der Waals surface area contributed by atoms with Crippen LogP contribution in [0.1, 0.15) is 169 Å². The number of piperidine rings is 3. The third-order valence-corrected chi connectivity index (χ3v) is 13.9. The lowest BCUT2D eigenvalue weighted by Gasteiger charge is -2.57. The summed E-state index contributed by atoms with van der Waals surface area (Å²) in [5.74, 6) is 0.846. The van der Waals surface area contributed by atoms with Crippen molar-refractivity contribution in [3.8, 4) is 0 Å². The minimum atomic E-state index is -0.408. The Bertz CT molecular complexity index is 1400. The van der Waals surface area contributed by atoms with E-state index in [2.05, 4.69) is 88.8 Å². The van der Waals surface area contributed by atoms with Gasteiger partial charge in [0.25, 0.3) is 0 Å². The van der Waals surface area contributed by atoms with E-state index in [-0.39, 0.29) is 34.2 Å². The minimum Gasteiger partial charge on any atom is -0.444 e. The zero-order valence-electron chi connectivity index (χ0n) is 41.0. The predicted octanol–water partition coefficient (Wildman–Crippen LogP) is 9.13. The van der Waals surface area contributed by atoms with E-state index >= 15 is 0 Å². The largest absolute Gasteiger partial charge is 0.444 e. The number of hydrogen-bond donors (Lipinski definition) is 0. The van der Waals surface area contributed by atoms with E-state index < -0.39 is 11.2 Å². The highest BCUT2D eigenvalue weighted by atomic mass is 16.6. The van der Waals surface area contributed by atoms with Crippen LogP contribution in [-0.2, 0) is 14.3 Å². The van der Waals surface area contributed by atoms with Gasteiger partial charge in [0, 0.05) is 86.7 Å². The van der Waals surface area contributed by atoms with Crippen LogP contribution in [0.25, 0.3) is 0 Å². The van der Waals surface area contributed by atoms with E-state index in [0.717, 1.165) is 84.6 Å². The molecule has 0 aromatic heterocycles. The normalized spacial score (nSPS) is 25.3. The monoisotopic (exact) mass is 831 g/mol. The SMILES string of the molecule is CC(C)(C)OC(=O)N1CCC12CCN(C(C)(C)C)CC2.CC(C)(C)OC(=O)N1CCCC2(CCN(C(C)(C)C)C2)C1.CC(C)CC(=O)N1CC2(CCN(C(C)C)CC2)C1. The van der Waals surface area contributed by atoms with Gasteiger partial charge in [-0.2, -0.15) is 0 Å². The molecule has 6 heterocycles. The summed E-state index contributed by atoms with van der Waals surface area (Å²) in [4.78, 5) is 50.2. The number of rotatable bonds is 3. The molecule has 59 heavy (non-hydrogen) atoms. The molecule has 0 bridgehead atoms. The molecule has 1 unspecified atom stereocenters. The third kappa shape index (κ3) is 13.7. The topological polar surface area (TPSA) is 89.1 Å². The number of hydrogen-bond acceptors (Lipinski definition) is 8. The van der Waals surface area contributed by atoms with Crippen molar-refractivity contribution in [3.05, 3.63) is 0 Å². The van der Waals surface area contributed by atoms with Crippen molar-refractivity contribution in [1.82, 2.24) is 29.4 Å². The summed E-state index contributed by atoms with van der Waals surface area (Å²) in [6.45, 7) is 45.4. The Morgan fingerprint density at radius 3 is 1.42 bits per heavy atom. The van der Waals surface area contributed by atoms with Crippen molar-refractivity contribution in [2.45, 2.75) is 202 Å². The van der Waals surface area contributed by atoms with E-state index in [4.69, 9.17) is 9.47 Å². The second-order valence-electron chi connectivity index (χ2n) is 24.1. The summed E-state index contributed by atoms with van der Waals surface area (Å²) in [5.41, 5.74) is 0.457. The number of likely N-dealkylation sites (tertiary alicyclic amines) is 6. The van der Waals surface area contributed by atoms with Crippen LogP contribution in [0.4, 0.5) is 9.59 Å². The summed E-state index contributed by atoms with van der Waals surface area (Å²) in [6, 6.07) is 0.668. The molecule has 6 aliphatic rings. The van der Waals surface area contributed by atoms with Crippen molar-refractivity contribution < 1.29 is 23.9 Å². The molecule has 0 aromatic rings. The first kappa shape index (κ1) is 49.5. The summed E-state index contributed by atoms with van der Waals surface area (Å²) < 4.78 is 11.1. The van der Waals surface area contributed by atoms with Crippen LogP contribution in [0.5, 0.6) is 0 Å². The van der Waals surface area contributed by atoms with Gasteiger partial charge in [0.1, 0.15) is 11.2 Å². The van der Waals surface area contributed by atoms with Crippen LogP contribution in [-0.4, -0.2) is 153 Å². The highest BCUT2D eigenvalue weighted by molar-refractivity contribution is 5.77. The second-order valence-corrected chi connectivity index (χ2v) is 24.1. The van der Waals surface area contributed by atoms with Gasteiger partial charge in [-0.05, 0) is 174 Å². The molecule has 0 N–H and O–H groups in total. The molecule has 0 aromatic carbocycles. The molecule has 0 aliphatic carbocycles. The maximum absolute atomic E-state index is 12.3. The molecule has 1 atom stereocenters. The van der Waals surface area contributed by atoms with Gasteiger partial charge in [-0.3, -0.25) is 14.6 Å². The van der Waals surface area contributed by atoms with Crippen molar-refractivity contribution in [2.75, 3.05) is 72.0 Å². The highest BCUT2D eigenvalue weighted by Gasteiger charge is 2.51. The molecule has 6 rings (SSSR count). The minimum absolute atomic E-state index is 0.0735. The van der Waals surface area contributed by atoms with Gasteiger partial charge in [0.15, 0.2) is 0 Å². The van der Waals surface area contributed by atoms with Crippen LogP contribution in [0.2, 0.25) is 0 Å². The van der Waals surface area contributed by atoms with Crippen LogP contribution >= 0.6 is 0 Å². The maximum Gasteiger partial charge on any atom is 0.410 e. The molecule has 6 saturated heterocycles. The number of ether oxygens (including phenoxy) is 2. The fourth-order valence-electron chi connectivity index (χ4n) is 10.0. The zero-order chi connectivity index (χ0) is 44.4.